The lowest BCUT2D eigenvalue weighted by molar-refractivity contribution is -0.120. The first-order valence-corrected chi connectivity index (χ1v) is 14.6. The summed E-state index contributed by atoms with van der Waals surface area (Å²) >= 11 is 2.98. The summed E-state index contributed by atoms with van der Waals surface area (Å²) in [5, 5.41) is 5.37. The number of carbonyl (C=O) groups is 2. The van der Waals surface area contributed by atoms with Crippen molar-refractivity contribution >= 4 is 44.6 Å². The number of thiazole rings is 1. The minimum atomic E-state index is -3.60. The van der Waals surface area contributed by atoms with Crippen molar-refractivity contribution in [3.05, 3.63) is 64.5 Å². The Hall–Kier alpha value is -2.69. The summed E-state index contributed by atoms with van der Waals surface area (Å²) in [6.45, 7) is 0. The lowest BCUT2D eigenvalue weighted by atomic mass is 10.1. The van der Waals surface area contributed by atoms with E-state index in [0.717, 1.165) is 17.5 Å². The number of nitrogens with one attached hydrogen (secondary N) is 1. The van der Waals surface area contributed by atoms with E-state index >= 15 is 0 Å². The molecule has 0 spiro atoms. The predicted octanol–water partition coefficient (Wildman–Crippen LogP) is 3.89. The number of aromatic nitrogens is 1. The van der Waals surface area contributed by atoms with E-state index < -0.39 is 21.8 Å². The molecule has 2 aromatic carbocycles. The molecule has 0 radical (unpaired) electrons. The normalized spacial score (nSPS) is 12.2. The summed E-state index contributed by atoms with van der Waals surface area (Å²) in [6.07, 6.45) is 3.54. The number of hydrogen-bond donors (Lipinski definition) is 1. The van der Waals surface area contributed by atoms with E-state index in [1.165, 1.54) is 36.6 Å². The van der Waals surface area contributed by atoms with Gasteiger partial charge >= 0.3 is 0 Å². The molecular weight excluding hydrogens is 492 g/mol. The molecule has 0 fully saturated rings. The monoisotopic (exact) mass is 518 g/mol. The molecule has 0 saturated heterocycles. The highest BCUT2D eigenvalue weighted by Gasteiger charge is 2.24. The summed E-state index contributed by atoms with van der Waals surface area (Å²) in [5.74, 6) is 0.178. The first-order chi connectivity index (χ1) is 16.2. The zero-order chi connectivity index (χ0) is 24.7. The molecule has 10 heteroatoms. The molecule has 3 rings (SSSR count). The Morgan fingerprint density at radius 3 is 2.56 bits per heavy atom. The maximum atomic E-state index is 13.1. The summed E-state index contributed by atoms with van der Waals surface area (Å²) < 4.78 is 29.3. The van der Waals surface area contributed by atoms with E-state index in [1.807, 2.05) is 42.0 Å². The Balaban J connectivity index is 1.76. The molecule has 3 aromatic rings. The van der Waals surface area contributed by atoms with Gasteiger partial charge in [0.15, 0.2) is 15.6 Å². The van der Waals surface area contributed by atoms with Crippen LogP contribution in [0.25, 0.3) is 11.3 Å². The van der Waals surface area contributed by atoms with Gasteiger partial charge in [0.1, 0.15) is 15.7 Å². The molecule has 1 aromatic heterocycles. The molecule has 1 atom stereocenters. The largest absolute Gasteiger partial charge is 0.495 e. The van der Waals surface area contributed by atoms with Gasteiger partial charge in [0.25, 0.3) is 5.91 Å². The number of benzene rings is 2. The number of amides is 1. The molecule has 0 bridgehead atoms. The predicted molar refractivity (Wildman–Crippen MR) is 137 cm³/mol. The minimum Gasteiger partial charge on any atom is -0.495 e. The van der Waals surface area contributed by atoms with Gasteiger partial charge in [-0.05, 0) is 36.6 Å². The van der Waals surface area contributed by atoms with Crippen LogP contribution in [-0.2, 0) is 21.1 Å². The van der Waals surface area contributed by atoms with Gasteiger partial charge in [0.2, 0.25) is 0 Å². The quantitative estimate of drug-likeness (QED) is 0.411. The van der Waals surface area contributed by atoms with Gasteiger partial charge in [0, 0.05) is 22.8 Å². The fourth-order valence-corrected chi connectivity index (χ4v) is 5.45. The van der Waals surface area contributed by atoms with Gasteiger partial charge in [0.05, 0.1) is 25.3 Å². The highest BCUT2D eigenvalue weighted by molar-refractivity contribution is 7.98. The van der Waals surface area contributed by atoms with Crippen LogP contribution in [0.2, 0.25) is 0 Å². The van der Waals surface area contributed by atoms with E-state index in [1.54, 1.807) is 11.8 Å². The van der Waals surface area contributed by atoms with Crippen molar-refractivity contribution in [1.82, 2.24) is 10.3 Å². The van der Waals surface area contributed by atoms with Gasteiger partial charge in [-0.1, -0.05) is 30.3 Å². The minimum absolute atomic E-state index is 0.0779. The van der Waals surface area contributed by atoms with Crippen LogP contribution in [0.4, 0.5) is 0 Å². The van der Waals surface area contributed by atoms with Crippen LogP contribution in [-0.4, -0.2) is 56.5 Å². The molecule has 1 N–H and O–H groups in total. The second-order valence-electron chi connectivity index (χ2n) is 7.58. The van der Waals surface area contributed by atoms with E-state index in [2.05, 4.69) is 10.3 Å². The fraction of sp³-hybridized carbons (Fsp3) is 0.292. The van der Waals surface area contributed by atoms with Gasteiger partial charge in [-0.2, -0.15) is 11.8 Å². The SMILES string of the molecule is COc1ccc(C(=O)N[C@@H](CCSC)C(=O)Cc2nc(-c3ccccc3)cs2)cc1S(C)(=O)=O. The average molecular weight is 519 g/mol. The lowest BCUT2D eigenvalue weighted by Gasteiger charge is -2.17. The van der Waals surface area contributed by atoms with Crippen LogP contribution in [0.15, 0.2) is 58.8 Å². The average Bonchev–Trinajstić information content (AvgIpc) is 3.29. The van der Waals surface area contributed by atoms with E-state index in [9.17, 15) is 18.0 Å². The number of hydrogen-bond acceptors (Lipinski definition) is 8. The molecular formula is C24H26N2O5S3. The number of methoxy groups -OCH3 is 1. The van der Waals surface area contributed by atoms with Gasteiger partial charge < -0.3 is 10.1 Å². The number of sulfone groups is 1. The number of thioether (sulfide) groups is 1. The van der Waals surface area contributed by atoms with Crippen LogP contribution >= 0.6 is 23.1 Å². The molecule has 180 valence electrons. The third-order valence-corrected chi connectivity index (χ3v) is 7.69. The van der Waals surface area contributed by atoms with Crippen molar-refractivity contribution in [2.45, 2.75) is 23.8 Å². The van der Waals surface area contributed by atoms with Crippen molar-refractivity contribution in [2.75, 3.05) is 25.4 Å². The zero-order valence-corrected chi connectivity index (χ0v) is 21.6. The Bertz CT molecular complexity index is 1260. The maximum absolute atomic E-state index is 13.1. The van der Waals surface area contributed by atoms with Crippen molar-refractivity contribution in [1.29, 1.82) is 0 Å². The Kier molecular flexibility index (Phi) is 8.87. The highest BCUT2D eigenvalue weighted by Crippen LogP contribution is 2.25. The molecule has 7 nitrogen and oxygen atoms in total. The molecule has 1 amide bonds. The number of Topliss-reactive ketones (excluding diaryl/α,β-unsaturated/α-hetero) is 1. The first-order valence-electron chi connectivity index (χ1n) is 10.4. The fourth-order valence-electron chi connectivity index (χ4n) is 3.30. The molecule has 0 saturated carbocycles. The Labute approximate surface area is 207 Å². The highest BCUT2D eigenvalue weighted by atomic mass is 32.2. The Morgan fingerprint density at radius 1 is 1.18 bits per heavy atom. The Morgan fingerprint density at radius 2 is 1.91 bits per heavy atom. The zero-order valence-electron chi connectivity index (χ0n) is 19.1. The second kappa shape index (κ2) is 11.6. The molecule has 0 aliphatic heterocycles. The van der Waals surface area contributed by atoms with Crippen molar-refractivity contribution < 1.29 is 22.7 Å². The van der Waals surface area contributed by atoms with Crippen molar-refractivity contribution in [2.24, 2.45) is 0 Å². The topological polar surface area (TPSA) is 102 Å². The third-order valence-electron chi connectivity index (χ3n) is 5.08. The van der Waals surface area contributed by atoms with Crippen LogP contribution in [0.5, 0.6) is 5.75 Å². The standard InChI is InChI=1S/C24H26N2O5S3/c1-31-21-10-9-17(13-22(21)34(3,29)30)24(28)26-18(11-12-32-2)20(27)14-23-25-19(15-33-23)16-7-5-4-6-8-16/h4-10,13,15,18H,11-12,14H2,1-3H3,(H,26,28)/t18-/m0/s1. The summed E-state index contributed by atoms with van der Waals surface area (Å²) in [4.78, 5) is 30.5. The van der Waals surface area contributed by atoms with Crippen LogP contribution in [0.3, 0.4) is 0 Å². The van der Waals surface area contributed by atoms with Crippen LogP contribution in [0, 0.1) is 0 Å². The maximum Gasteiger partial charge on any atom is 0.251 e. The molecule has 0 aliphatic rings. The number of ether oxygens (including phenoxy) is 1. The smallest absolute Gasteiger partial charge is 0.251 e. The lowest BCUT2D eigenvalue weighted by Crippen LogP contribution is -2.42. The van der Waals surface area contributed by atoms with Crippen LogP contribution in [0.1, 0.15) is 21.8 Å². The number of nitrogens with zero attached hydrogens (tertiary/aromatic N) is 1. The van der Waals surface area contributed by atoms with Crippen molar-refractivity contribution in [3.63, 3.8) is 0 Å². The third kappa shape index (κ3) is 6.68. The van der Waals surface area contributed by atoms with Gasteiger partial charge in [-0.15, -0.1) is 11.3 Å². The molecule has 34 heavy (non-hydrogen) atoms. The van der Waals surface area contributed by atoms with Crippen molar-refractivity contribution in [3.8, 4) is 17.0 Å². The number of rotatable bonds is 11. The summed E-state index contributed by atoms with van der Waals surface area (Å²) in [6, 6.07) is 13.2. The molecule has 0 aliphatic carbocycles. The van der Waals surface area contributed by atoms with E-state index in [-0.39, 0.29) is 28.4 Å². The van der Waals surface area contributed by atoms with Gasteiger partial charge in [-0.3, -0.25) is 9.59 Å². The number of carbonyl (C=O) groups excluding carboxylic acids is 2. The first kappa shape index (κ1) is 25.9. The van der Waals surface area contributed by atoms with Crippen LogP contribution < -0.4 is 10.1 Å². The van der Waals surface area contributed by atoms with Gasteiger partial charge in [-0.25, -0.2) is 13.4 Å². The molecule has 1 heterocycles. The number of ketones is 1. The summed E-state index contributed by atoms with van der Waals surface area (Å²) in [7, 11) is -2.24. The second-order valence-corrected chi connectivity index (χ2v) is 11.5. The van der Waals surface area contributed by atoms with E-state index in [0.29, 0.717) is 17.2 Å². The summed E-state index contributed by atoms with van der Waals surface area (Å²) in [5.41, 5.74) is 1.93. The molecule has 0 unspecified atom stereocenters. The van der Waals surface area contributed by atoms with E-state index in [4.69, 9.17) is 4.74 Å².